The SMILES string of the molecule is C#CCN1CCN(Cc2nnc3n2CCCCC3)CC1. The zero-order chi connectivity index (χ0) is 13.8. The highest BCUT2D eigenvalue weighted by atomic mass is 15.3. The highest BCUT2D eigenvalue weighted by Gasteiger charge is 2.20. The van der Waals surface area contributed by atoms with Crippen molar-refractivity contribution in [2.75, 3.05) is 32.7 Å². The molecule has 0 bridgehead atoms. The van der Waals surface area contributed by atoms with Crippen molar-refractivity contribution in [3.8, 4) is 12.3 Å². The molecular formula is C15H23N5. The number of aromatic nitrogens is 3. The first-order chi connectivity index (χ1) is 9.86. The standard InChI is InChI=1S/C15H23N5/c1-2-7-18-9-11-19(12-10-18)13-15-17-16-14-6-4-3-5-8-20(14)15/h1H,3-13H2. The van der Waals surface area contributed by atoms with E-state index in [1.165, 1.54) is 25.1 Å². The molecule has 0 spiro atoms. The minimum absolute atomic E-state index is 0.772. The predicted octanol–water partition coefficient (Wildman–Crippen LogP) is 0.755. The van der Waals surface area contributed by atoms with Gasteiger partial charge in [0, 0.05) is 39.1 Å². The Kier molecular flexibility index (Phi) is 4.34. The molecule has 0 saturated carbocycles. The van der Waals surface area contributed by atoms with Gasteiger partial charge < -0.3 is 4.57 Å². The normalized spacial score (nSPS) is 21.1. The van der Waals surface area contributed by atoms with Gasteiger partial charge in [-0.15, -0.1) is 16.6 Å². The Labute approximate surface area is 121 Å². The molecule has 0 aliphatic carbocycles. The number of hydrogen-bond acceptors (Lipinski definition) is 4. The van der Waals surface area contributed by atoms with Crippen LogP contribution in [0.15, 0.2) is 0 Å². The van der Waals surface area contributed by atoms with E-state index in [0.29, 0.717) is 0 Å². The monoisotopic (exact) mass is 273 g/mol. The second kappa shape index (κ2) is 6.38. The summed E-state index contributed by atoms with van der Waals surface area (Å²) in [6, 6.07) is 0. The third-order valence-electron chi connectivity index (χ3n) is 4.33. The second-order valence-electron chi connectivity index (χ2n) is 5.75. The predicted molar refractivity (Wildman–Crippen MR) is 78.1 cm³/mol. The molecular weight excluding hydrogens is 250 g/mol. The molecule has 20 heavy (non-hydrogen) atoms. The molecule has 0 atom stereocenters. The van der Waals surface area contributed by atoms with E-state index in [-0.39, 0.29) is 0 Å². The van der Waals surface area contributed by atoms with Crippen molar-refractivity contribution in [2.24, 2.45) is 0 Å². The lowest BCUT2D eigenvalue weighted by atomic mass is 10.2. The summed E-state index contributed by atoms with van der Waals surface area (Å²) in [7, 11) is 0. The highest BCUT2D eigenvalue weighted by Crippen LogP contribution is 2.16. The van der Waals surface area contributed by atoms with E-state index < -0.39 is 0 Å². The van der Waals surface area contributed by atoms with Gasteiger partial charge in [0.05, 0.1) is 13.1 Å². The lowest BCUT2D eigenvalue weighted by Gasteiger charge is -2.33. The third kappa shape index (κ3) is 3.02. The summed E-state index contributed by atoms with van der Waals surface area (Å²) in [5.74, 6) is 5.06. The molecule has 3 rings (SSSR count). The van der Waals surface area contributed by atoms with Crippen LogP contribution < -0.4 is 0 Å². The fraction of sp³-hybridized carbons (Fsp3) is 0.733. The van der Waals surface area contributed by atoms with Crippen LogP contribution in [0.2, 0.25) is 0 Å². The van der Waals surface area contributed by atoms with Crippen molar-refractivity contribution in [3.63, 3.8) is 0 Å². The van der Waals surface area contributed by atoms with E-state index in [9.17, 15) is 0 Å². The largest absolute Gasteiger partial charge is 0.314 e. The van der Waals surface area contributed by atoms with Gasteiger partial charge in [-0.3, -0.25) is 9.80 Å². The van der Waals surface area contributed by atoms with E-state index in [1.54, 1.807) is 0 Å². The summed E-state index contributed by atoms with van der Waals surface area (Å²) in [5, 5.41) is 8.79. The molecule has 0 unspecified atom stereocenters. The Morgan fingerprint density at radius 3 is 2.55 bits per heavy atom. The molecule has 1 aromatic rings. The lowest BCUT2D eigenvalue weighted by molar-refractivity contribution is 0.134. The van der Waals surface area contributed by atoms with Gasteiger partial charge in [0.2, 0.25) is 0 Å². The van der Waals surface area contributed by atoms with Crippen molar-refractivity contribution in [1.82, 2.24) is 24.6 Å². The average Bonchev–Trinajstić information content (AvgIpc) is 2.70. The number of rotatable bonds is 3. The smallest absolute Gasteiger partial charge is 0.147 e. The maximum absolute atomic E-state index is 5.37. The third-order valence-corrected chi connectivity index (χ3v) is 4.33. The zero-order valence-electron chi connectivity index (χ0n) is 12.1. The Bertz CT molecular complexity index is 479. The van der Waals surface area contributed by atoms with Crippen molar-refractivity contribution < 1.29 is 0 Å². The zero-order valence-corrected chi connectivity index (χ0v) is 12.1. The first-order valence-corrected chi connectivity index (χ1v) is 7.66. The fourth-order valence-corrected chi connectivity index (χ4v) is 3.10. The molecule has 2 aliphatic heterocycles. The molecule has 0 amide bonds. The summed E-state index contributed by atoms with van der Waals surface area (Å²) >= 11 is 0. The Balaban J connectivity index is 1.59. The number of nitrogens with zero attached hydrogens (tertiary/aromatic N) is 5. The summed E-state index contributed by atoms with van der Waals surface area (Å²) in [6.07, 6.45) is 10.3. The van der Waals surface area contributed by atoms with E-state index >= 15 is 0 Å². The van der Waals surface area contributed by atoms with E-state index in [2.05, 4.69) is 30.5 Å². The maximum atomic E-state index is 5.37. The molecule has 3 heterocycles. The number of aryl methyl sites for hydroxylation is 1. The Morgan fingerprint density at radius 2 is 1.75 bits per heavy atom. The first-order valence-electron chi connectivity index (χ1n) is 7.66. The van der Waals surface area contributed by atoms with Gasteiger partial charge in [-0.25, -0.2) is 0 Å². The van der Waals surface area contributed by atoms with Crippen LogP contribution in [0, 0.1) is 12.3 Å². The molecule has 1 fully saturated rings. The second-order valence-corrected chi connectivity index (χ2v) is 5.75. The molecule has 5 nitrogen and oxygen atoms in total. The van der Waals surface area contributed by atoms with Crippen LogP contribution in [-0.4, -0.2) is 57.3 Å². The fourth-order valence-electron chi connectivity index (χ4n) is 3.10. The number of terminal acetylenes is 1. The molecule has 2 aliphatic rings. The van der Waals surface area contributed by atoms with Crippen molar-refractivity contribution in [2.45, 2.75) is 38.8 Å². The van der Waals surface area contributed by atoms with Gasteiger partial charge in [-0.1, -0.05) is 12.3 Å². The number of piperazine rings is 1. The molecule has 108 valence electrons. The van der Waals surface area contributed by atoms with Crippen molar-refractivity contribution in [1.29, 1.82) is 0 Å². The van der Waals surface area contributed by atoms with Crippen LogP contribution in [0.25, 0.3) is 0 Å². The van der Waals surface area contributed by atoms with Crippen LogP contribution in [0.5, 0.6) is 0 Å². The van der Waals surface area contributed by atoms with Crippen LogP contribution in [0.1, 0.15) is 30.9 Å². The van der Waals surface area contributed by atoms with Crippen LogP contribution in [-0.2, 0) is 19.5 Å². The summed E-state index contributed by atoms with van der Waals surface area (Å²) in [4.78, 5) is 4.80. The van der Waals surface area contributed by atoms with Gasteiger partial charge in [-0.05, 0) is 12.8 Å². The van der Waals surface area contributed by atoms with E-state index in [4.69, 9.17) is 6.42 Å². The first kappa shape index (κ1) is 13.6. The topological polar surface area (TPSA) is 37.2 Å². The van der Waals surface area contributed by atoms with Gasteiger partial charge in [0.25, 0.3) is 0 Å². The lowest BCUT2D eigenvalue weighted by Crippen LogP contribution is -2.46. The molecule has 5 heteroatoms. The average molecular weight is 273 g/mol. The minimum Gasteiger partial charge on any atom is -0.314 e. The van der Waals surface area contributed by atoms with Gasteiger partial charge in [0.15, 0.2) is 0 Å². The maximum Gasteiger partial charge on any atom is 0.147 e. The van der Waals surface area contributed by atoms with Gasteiger partial charge in [-0.2, -0.15) is 0 Å². The van der Waals surface area contributed by atoms with Crippen molar-refractivity contribution >= 4 is 0 Å². The molecule has 1 saturated heterocycles. The van der Waals surface area contributed by atoms with Crippen LogP contribution in [0.3, 0.4) is 0 Å². The van der Waals surface area contributed by atoms with Gasteiger partial charge >= 0.3 is 0 Å². The summed E-state index contributed by atoms with van der Waals surface area (Å²) < 4.78 is 2.35. The quantitative estimate of drug-likeness (QED) is 0.762. The summed E-state index contributed by atoms with van der Waals surface area (Å²) in [6.45, 7) is 7.06. The minimum atomic E-state index is 0.772. The molecule has 0 N–H and O–H groups in total. The van der Waals surface area contributed by atoms with E-state index in [1.807, 2.05) is 0 Å². The van der Waals surface area contributed by atoms with Gasteiger partial charge in [0.1, 0.15) is 11.6 Å². The molecule has 0 aromatic carbocycles. The molecule has 0 radical (unpaired) electrons. The van der Waals surface area contributed by atoms with E-state index in [0.717, 1.165) is 58.1 Å². The summed E-state index contributed by atoms with van der Waals surface area (Å²) in [5.41, 5.74) is 0. The van der Waals surface area contributed by atoms with Crippen molar-refractivity contribution in [3.05, 3.63) is 11.6 Å². The Morgan fingerprint density at radius 1 is 0.950 bits per heavy atom. The van der Waals surface area contributed by atoms with Crippen LogP contribution >= 0.6 is 0 Å². The number of fused-ring (bicyclic) bond motifs is 1. The number of hydrogen-bond donors (Lipinski definition) is 0. The molecule has 1 aromatic heterocycles. The highest BCUT2D eigenvalue weighted by molar-refractivity contribution is 4.98. The van der Waals surface area contributed by atoms with Crippen LogP contribution in [0.4, 0.5) is 0 Å². The Hall–Kier alpha value is -1.38.